The maximum atomic E-state index is 11.8. The molecule has 18 heavy (non-hydrogen) atoms. The van der Waals surface area contributed by atoms with Gasteiger partial charge in [0.25, 0.3) is 5.91 Å². The molecule has 4 nitrogen and oxygen atoms in total. The van der Waals surface area contributed by atoms with Crippen LogP contribution in [0.4, 0.5) is 5.69 Å². The fraction of sp³-hybridized carbons (Fsp3) is 0. The third-order valence-corrected chi connectivity index (χ3v) is 3.67. The minimum absolute atomic E-state index is 0.126. The SMILES string of the molecule is N#Cc1c(NC(=O)c2ccns2)ccc(Cl)c1Cl. The Morgan fingerprint density at radius 3 is 2.78 bits per heavy atom. The summed E-state index contributed by atoms with van der Waals surface area (Å²) in [4.78, 5) is 12.3. The molecule has 0 saturated carbocycles. The van der Waals surface area contributed by atoms with Crippen LogP contribution < -0.4 is 5.32 Å². The first-order chi connectivity index (χ1) is 8.63. The van der Waals surface area contributed by atoms with Crippen LogP contribution in [-0.4, -0.2) is 10.3 Å². The summed E-state index contributed by atoms with van der Waals surface area (Å²) in [5.74, 6) is -0.340. The zero-order valence-electron chi connectivity index (χ0n) is 8.78. The van der Waals surface area contributed by atoms with Gasteiger partial charge in [0.2, 0.25) is 0 Å². The molecule has 1 N–H and O–H groups in total. The minimum atomic E-state index is -0.340. The lowest BCUT2D eigenvalue weighted by Crippen LogP contribution is -2.11. The molecule has 1 aromatic heterocycles. The zero-order chi connectivity index (χ0) is 13.1. The van der Waals surface area contributed by atoms with Crippen molar-refractivity contribution in [2.75, 3.05) is 5.32 Å². The standard InChI is InChI=1S/C11H5Cl2N3OS/c12-7-1-2-8(6(5-14)10(7)13)16-11(17)9-3-4-15-18-9/h1-4H,(H,16,17). The van der Waals surface area contributed by atoms with E-state index in [1.807, 2.05) is 6.07 Å². The second-order valence-electron chi connectivity index (χ2n) is 3.23. The first-order valence-electron chi connectivity index (χ1n) is 4.73. The highest BCUT2D eigenvalue weighted by Gasteiger charge is 2.14. The van der Waals surface area contributed by atoms with Crippen LogP contribution in [0.25, 0.3) is 0 Å². The van der Waals surface area contributed by atoms with Gasteiger partial charge in [0.05, 0.1) is 21.3 Å². The number of nitrogens with one attached hydrogen (secondary N) is 1. The second kappa shape index (κ2) is 5.36. The second-order valence-corrected chi connectivity index (χ2v) is 4.84. The molecule has 2 rings (SSSR count). The summed E-state index contributed by atoms with van der Waals surface area (Å²) in [7, 11) is 0. The molecular formula is C11H5Cl2N3OS. The van der Waals surface area contributed by atoms with Gasteiger partial charge in [0, 0.05) is 6.20 Å². The van der Waals surface area contributed by atoms with Crippen molar-refractivity contribution in [3.05, 3.63) is 44.9 Å². The summed E-state index contributed by atoms with van der Waals surface area (Å²) in [5.41, 5.74) is 0.465. The summed E-state index contributed by atoms with van der Waals surface area (Å²) in [6.45, 7) is 0. The summed E-state index contributed by atoms with van der Waals surface area (Å²) in [6, 6.07) is 6.55. The van der Waals surface area contributed by atoms with E-state index in [0.29, 0.717) is 10.6 Å². The van der Waals surface area contributed by atoms with Crippen molar-refractivity contribution < 1.29 is 4.79 Å². The van der Waals surface area contributed by atoms with E-state index < -0.39 is 0 Å². The summed E-state index contributed by atoms with van der Waals surface area (Å²) >= 11 is 12.8. The summed E-state index contributed by atoms with van der Waals surface area (Å²) < 4.78 is 3.83. The number of carbonyl (C=O) groups is 1. The third kappa shape index (κ3) is 2.46. The van der Waals surface area contributed by atoms with Gasteiger partial charge in [0.1, 0.15) is 10.9 Å². The Hall–Kier alpha value is -1.61. The molecule has 0 saturated heterocycles. The van der Waals surface area contributed by atoms with Crippen molar-refractivity contribution in [3.63, 3.8) is 0 Å². The number of hydrogen-bond donors (Lipinski definition) is 1. The van der Waals surface area contributed by atoms with E-state index in [1.54, 1.807) is 6.07 Å². The average molecular weight is 298 g/mol. The van der Waals surface area contributed by atoms with E-state index in [4.69, 9.17) is 28.5 Å². The highest BCUT2D eigenvalue weighted by molar-refractivity contribution is 7.08. The van der Waals surface area contributed by atoms with E-state index in [2.05, 4.69) is 9.69 Å². The molecule has 0 spiro atoms. The number of amides is 1. The monoisotopic (exact) mass is 297 g/mol. The topological polar surface area (TPSA) is 65.8 Å². The zero-order valence-corrected chi connectivity index (χ0v) is 11.1. The Kier molecular flexibility index (Phi) is 3.82. The Morgan fingerprint density at radius 1 is 1.39 bits per heavy atom. The largest absolute Gasteiger partial charge is 0.320 e. The van der Waals surface area contributed by atoms with Gasteiger partial charge in [-0.15, -0.1) is 0 Å². The predicted octanol–water partition coefficient (Wildman–Crippen LogP) is 3.57. The number of halogens is 2. The van der Waals surface area contributed by atoms with Gasteiger partial charge in [-0.1, -0.05) is 23.2 Å². The van der Waals surface area contributed by atoms with Crippen LogP contribution in [0.1, 0.15) is 15.2 Å². The maximum absolute atomic E-state index is 11.8. The Labute approximate surface area is 117 Å². The van der Waals surface area contributed by atoms with Gasteiger partial charge in [-0.25, -0.2) is 4.37 Å². The van der Waals surface area contributed by atoms with Crippen LogP contribution in [0.2, 0.25) is 10.0 Å². The Balaban J connectivity index is 2.33. The van der Waals surface area contributed by atoms with E-state index in [9.17, 15) is 4.79 Å². The van der Waals surface area contributed by atoms with Gasteiger partial charge >= 0.3 is 0 Å². The smallest absolute Gasteiger partial charge is 0.267 e. The number of aromatic nitrogens is 1. The van der Waals surface area contributed by atoms with Crippen molar-refractivity contribution in [1.82, 2.24) is 4.37 Å². The quantitative estimate of drug-likeness (QED) is 0.921. The summed E-state index contributed by atoms with van der Waals surface area (Å²) in [6.07, 6.45) is 1.53. The van der Waals surface area contributed by atoms with Crippen LogP contribution in [-0.2, 0) is 0 Å². The van der Waals surface area contributed by atoms with Crippen molar-refractivity contribution in [1.29, 1.82) is 5.26 Å². The van der Waals surface area contributed by atoms with Gasteiger partial charge in [-0.3, -0.25) is 4.79 Å². The van der Waals surface area contributed by atoms with Gasteiger partial charge in [-0.2, -0.15) is 5.26 Å². The van der Waals surface area contributed by atoms with E-state index in [0.717, 1.165) is 11.5 Å². The van der Waals surface area contributed by atoms with E-state index >= 15 is 0 Å². The van der Waals surface area contributed by atoms with Gasteiger partial charge < -0.3 is 5.32 Å². The molecule has 0 unspecified atom stereocenters. The lowest BCUT2D eigenvalue weighted by molar-refractivity contribution is 0.103. The van der Waals surface area contributed by atoms with Crippen LogP contribution in [0.15, 0.2) is 24.4 Å². The molecule has 90 valence electrons. The molecule has 0 aliphatic rings. The van der Waals surface area contributed by atoms with Crippen molar-refractivity contribution in [2.24, 2.45) is 0 Å². The van der Waals surface area contributed by atoms with Crippen molar-refractivity contribution in [2.45, 2.75) is 0 Å². The Morgan fingerprint density at radius 2 is 2.17 bits per heavy atom. The van der Waals surface area contributed by atoms with Crippen LogP contribution in [0, 0.1) is 11.3 Å². The number of rotatable bonds is 2. The van der Waals surface area contributed by atoms with Gasteiger partial charge in [0.15, 0.2) is 0 Å². The van der Waals surface area contributed by atoms with E-state index in [1.165, 1.54) is 18.3 Å². The molecule has 1 aromatic carbocycles. The fourth-order valence-electron chi connectivity index (χ4n) is 1.28. The van der Waals surface area contributed by atoms with E-state index in [-0.39, 0.29) is 21.5 Å². The minimum Gasteiger partial charge on any atom is -0.320 e. The lowest BCUT2D eigenvalue weighted by atomic mass is 10.2. The number of nitrogens with zero attached hydrogens (tertiary/aromatic N) is 2. The third-order valence-electron chi connectivity index (χ3n) is 2.12. The number of hydrogen-bond acceptors (Lipinski definition) is 4. The molecular weight excluding hydrogens is 293 g/mol. The molecule has 0 radical (unpaired) electrons. The summed E-state index contributed by atoms with van der Waals surface area (Å²) in [5, 5.41) is 12.0. The number of benzene rings is 1. The van der Waals surface area contributed by atoms with Crippen LogP contribution >= 0.6 is 34.7 Å². The molecule has 0 aliphatic carbocycles. The maximum Gasteiger partial charge on any atom is 0.267 e. The molecule has 0 fully saturated rings. The van der Waals surface area contributed by atoms with Gasteiger partial charge in [-0.05, 0) is 29.7 Å². The van der Waals surface area contributed by atoms with Crippen LogP contribution in [0.5, 0.6) is 0 Å². The predicted molar refractivity (Wildman–Crippen MR) is 71.2 cm³/mol. The first-order valence-corrected chi connectivity index (χ1v) is 6.26. The highest BCUT2D eigenvalue weighted by Crippen LogP contribution is 2.31. The number of anilines is 1. The van der Waals surface area contributed by atoms with Crippen molar-refractivity contribution >= 4 is 46.3 Å². The highest BCUT2D eigenvalue weighted by atomic mass is 35.5. The van der Waals surface area contributed by atoms with Crippen molar-refractivity contribution in [3.8, 4) is 6.07 Å². The molecule has 0 bridgehead atoms. The molecule has 1 amide bonds. The number of nitriles is 1. The van der Waals surface area contributed by atoms with Crippen LogP contribution in [0.3, 0.4) is 0 Å². The lowest BCUT2D eigenvalue weighted by Gasteiger charge is -2.07. The molecule has 2 aromatic rings. The Bertz CT molecular complexity index is 634. The molecule has 0 atom stereocenters. The average Bonchev–Trinajstić information content (AvgIpc) is 2.88. The molecule has 7 heteroatoms. The molecule has 1 heterocycles. The fourth-order valence-corrected chi connectivity index (χ4v) is 2.14. The normalized spacial score (nSPS) is 9.83. The molecule has 0 aliphatic heterocycles. The number of carbonyl (C=O) groups excluding carboxylic acids is 1. The first kappa shape index (κ1) is 12.8.